The lowest BCUT2D eigenvalue weighted by molar-refractivity contribution is -0.136. The van der Waals surface area contributed by atoms with Crippen molar-refractivity contribution in [1.29, 1.82) is 0 Å². The van der Waals surface area contributed by atoms with Gasteiger partial charge in [0, 0.05) is 34.3 Å². The molecule has 7 heteroatoms. The molecule has 5 rings (SSSR count). The molecule has 0 bridgehead atoms. The van der Waals surface area contributed by atoms with Gasteiger partial charge >= 0.3 is 17.9 Å². The number of carbonyl (C=O) groups is 3. The highest BCUT2D eigenvalue weighted by atomic mass is 16.5. The summed E-state index contributed by atoms with van der Waals surface area (Å²) in [5, 5.41) is 10.7. The number of allylic oxidation sites excluding steroid dienone is 1. The van der Waals surface area contributed by atoms with Crippen LogP contribution in [0.5, 0.6) is 0 Å². The van der Waals surface area contributed by atoms with Crippen molar-refractivity contribution in [3.63, 3.8) is 0 Å². The van der Waals surface area contributed by atoms with Gasteiger partial charge in [0.15, 0.2) is 0 Å². The second kappa shape index (κ2) is 11.6. The fourth-order valence-corrected chi connectivity index (χ4v) is 5.64. The smallest absolute Gasteiger partial charge is 0.337 e. The molecule has 204 valence electrons. The zero-order valence-electron chi connectivity index (χ0n) is 22.6. The van der Waals surface area contributed by atoms with Gasteiger partial charge in [0.25, 0.3) is 0 Å². The quantitative estimate of drug-likeness (QED) is 0.253. The highest BCUT2D eigenvalue weighted by Gasteiger charge is 2.27. The Hall–Kier alpha value is -4.65. The first kappa shape index (κ1) is 26.9. The largest absolute Gasteiger partial charge is 0.478 e. The number of carboxylic acids is 1. The molecule has 1 aliphatic carbocycles. The molecule has 0 spiro atoms. The number of esters is 2. The second-order valence-electron chi connectivity index (χ2n) is 10.0. The zero-order valence-corrected chi connectivity index (χ0v) is 22.6. The van der Waals surface area contributed by atoms with Gasteiger partial charge in [-0.3, -0.25) is 0 Å². The minimum absolute atomic E-state index is 0.0738. The van der Waals surface area contributed by atoms with Crippen LogP contribution in [0.4, 0.5) is 0 Å². The Morgan fingerprint density at radius 1 is 0.825 bits per heavy atom. The third kappa shape index (κ3) is 5.41. The van der Waals surface area contributed by atoms with E-state index in [-0.39, 0.29) is 23.5 Å². The van der Waals surface area contributed by atoms with E-state index in [1.165, 1.54) is 14.2 Å². The highest BCUT2D eigenvalue weighted by Crippen LogP contribution is 2.40. The summed E-state index contributed by atoms with van der Waals surface area (Å²) in [5.41, 5.74) is 6.23. The van der Waals surface area contributed by atoms with E-state index in [1.54, 1.807) is 24.3 Å². The molecule has 1 heterocycles. The Morgan fingerprint density at radius 3 is 2.12 bits per heavy atom. The molecule has 1 aromatic heterocycles. The number of hydrogen-bond acceptors (Lipinski definition) is 5. The first-order valence-electron chi connectivity index (χ1n) is 13.3. The Labute approximate surface area is 232 Å². The van der Waals surface area contributed by atoms with Crippen LogP contribution in [0.15, 0.2) is 84.6 Å². The molecule has 1 atom stereocenters. The standard InChI is InChI=1S/C33H31NO6/c1-39-32(37)23-13-11-22(12-14-23)18-25(17-21-7-4-3-5-8-21)34-20-29(26-9-6-10-28(26)33(38)40-2)27-16-15-24(31(35)36)19-30(27)34/h3-5,7-8,11-16,19-20,25H,6,9-10,17-18H2,1-2H3,(H,35,36). The highest BCUT2D eigenvalue weighted by molar-refractivity contribution is 6.05. The number of aromatic nitrogens is 1. The fourth-order valence-electron chi connectivity index (χ4n) is 5.64. The molecule has 3 aromatic carbocycles. The normalized spacial score (nSPS) is 13.8. The number of rotatable bonds is 9. The molecule has 0 radical (unpaired) electrons. The number of benzene rings is 3. The second-order valence-corrected chi connectivity index (χ2v) is 10.0. The predicted octanol–water partition coefficient (Wildman–Crippen LogP) is 6.26. The fraction of sp³-hybridized carbons (Fsp3) is 0.242. The molecular formula is C33H31NO6. The molecule has 0 amide bonds. The molecule has 1 N–H and O–H groups in total. The van der Waals surface area contributed by atoms with Crippen molar-refractivity contribution in [3.05, 3.63) is 112 Å². The van der Waals surface area contributed by atoms with Crippen LogP contribution in [-0.4, -0.2) is 41.8 Å². The SMILES string of the molecule is COC(=O)C1=C(c2cn(C(Cc3ccccc3)Cc3ccc(C(=O)OC)cc3)c3cc(C(=O)O)ccc23)CCC1. The van der Waals surface area contributed by atoms with E-state index in [0.717, 1.165) is 46.0 Å². The van der Waals surface area contributed by atoms with Crippen LogP contribution in [0.3, 0.4) is 0 Å². The Balaban J connectivity index is 1.66. The minimum Gasteiger partial charge on any atom is -0.478 e. The topological polar surface area (TPSA) is 94.8 Å². The molecule has 40 heavy (non-hydrogen) atoms. The van der Waals surface area contributed by atoms with E-state index in [0.29, 0.717) is 30.4 Å². The van der Waals surface area contributed by atoms with Crippen LogP contribution in [0.25, 0.3) is 16.5 Å². The number of carboxylic acid groups (broad SMARTS) is 1. The van der Waals surface area contributed by atoms with E-state index >= 15 is 0 Å². The van der Waals surface area contributed by atoms with Crippen molar-refractivity contribution in [2.45, 2.75) is 38.1 Å². The Morgan fingerprint density at radius 2 is 1.48 bits per heavy atom. The van der Waals surface area contributed by atoms with Crippen LogP contribution in [-0.2, 0) is 27.1 Å². The first-order valence-corrected chi connectivity index (χ1v) is 13.3. The lowest BCUT2D eigenvalue weighted by Gasteiger charge is -2.21. The van der Waals surface area contributed by atoms with Gasteiger partial charge in [-0.2, -0.15) is 0 Å². The number of ether oxygens (including phenoxy) is 2. The number of aromatic carboxylic acids is 1. The van der Waals surface area contributed by atoms with Crippen LogP contribution >= 0.6 is 0 Å². The van der Waals surface area contributed by atoms with E-state index in [9.17, 15) is 19.5 Å². The summed E-state index contributed by atoms with van der Waals surface area (Å²) in [6, 6.07) is 22.6. The van der Waals surface area contributed by atoms with E-state index in [2.05, 4.69) is 22.9 Å². The van der Waals surface area contributed by atoms with Gasteiger partial charge in [0.05, 0.1) is 25.3 Å². The maximum absolute atomic E-state index is 12.6. The number of methoxy groups -OCH3 is 2. The molecule has 1 aliphatic rings. The van der Waals surface area contributed by atoms with Crippen molar-refractivity contribution in [3.8, 4) is 0 Å². The number of nitrogens with zero attached hydrogens (tertiary/aromatic N) is 1. The molecule has 0 fully saturated rings. The van der Waals surface area contributed by atoms with Gasteiger partial charge in [-0.15, -0.1) is 0 Å². The molecule has 1 unspecified atom stereocenters. The Kier molecular flexibility index (Phi) is 7.82. The van der Waals surface area contributed by atoms with Gasteiger partial charge in [-0.25, -0.2) is 14.4 Å². The van der Waals surface area contributed by atoms with E-state index in [4.69, 9.17) is 9.47 Å². The summed E-state index contributed by atoms with van der Waals surface area (Å²) < 4.78 is 12.1. The van der Waals surface area contributed by atoms with Gasteiger partial charge in [0.2, 0.25) is 0 Å². The average molecular weight is 538 g/mol. The van der Waals surface area contributed by atoms with Crippen LogP contribution in [0.1, 0.15) is 62.7 Å². The van der Waals surface area contributed by atoms with Gasteiger partial charge in [0.1, 0.15) is 0 Å². The monoisotopic (exact) mass is 537 g/mol. The summed E-state index contributed by atoms with van der Waals surface area (Å²) in [7, 11) is 2.76. The van der Waals surface area contributed by atoms with Gasteiger partial charge < -0.3 is 19.1 Å². The lowest BCUT2D eigenvalue weighted by Crippen LogP contribution is -2.15. The van der Waals surface area contributed by atoms with Crippen molar-refractivity contribution >= 4 is 34.4 Å². The van der Waals surface area contributed by atoms with E-state index < -0.39 is 5.97 Å². The maximum Gasteiger partial charge on any atom is 0.337 e. The van der Waals surface area contributed by atoms with Gasteiger partial charge in [-0.05, 0) is 73.1 Å². The number of hydrogen-bond donors (Lipinski definition) is 1. The number of carbonyl (C=O) groups excluding carboxylic acids is 2. The Bertz CT molecular complexity index is 1600. The van der Waals surface area contributed by atoms with Crippen molar-refractivity contribution in [1.82, 2.24) is 4.57 Å². The molecule has 7 nitrogen and oxygen atoms in total. The number of fused-ring (bicyclic) bond motifs is 1. The first-order chi connectivity index (χ1) is 19.4. The lowest BCUT2D eigenvalue weighted by atomic mass is 9.97. The summed E-state index contributed by atoms with van der Waals surface area (Å²) in [5.74, 6) is -1.70. The third-order valence-corrected chi connectivity index (χ3v) is 7.61. The van der Waals surface area contributed by atoms with Crippen LogP contribution in [0, 0.1) is 0 Å². The molecule has 4 aromatic rings. The van der Waals surface area contributed by atoms with E-state index in [1.807, 2.05) is 36.4 Å². The maximum atomic E-state index is 12.6. The summed E-state index contributed by atoms with van der Waals surface area (Å²) >= 11 is 0. The molecular weight excluding hydrogens is 506 g/mol. The summed E-state index contributed by atoms with van der Waals surface area (Å²) in [6.45, 7) is 0. The van der Waals surface area contributed by atoms with Crippen molar-refractivity contribution in [2.75, 3.05) is 14.2 Å². The molecule has 0 aliphatic heterocycles. The molecule has 0 saturated heterocycles. The third-order valence-electron chi connectivity index (χ3n) is 7.61. The predicted molar refractivity (Wildman–Crippen MR) is 152 cm³/mol. The summed E-state index contributed by atoms with van der Waals surface area (Å²) in [6.07, 6.45) is 5.67. The summed E-state index contributed by atoms with van der Waals surface area (Å²) in [4.78, 5) is 36.5. The van der Waals surface area contributed by atoms with Crippen LogP contribution in [0.2, 0.25) is 0 Å². The zero-order chi connectivity index (χ0) is 28.2. The van der Waals surface area contributed by atoms with Crippen LogP contribution < -0.4 is 0 Å². The minimum atomic E-state index is -0.996. The molecule has 0 saturated carbocycles. The van der Waals surface area contributed by atoms with Crippen molar-refractivity contribution < 1.29 is 29.0 Å². The van der Waals surface area contributed by atoms with Gasteiger partial charge in [-0.1, -0.05) is 48.5 Å². The average Bonchev–Trinajstić information content (AvgIpc) is 3.61. The van der Waals surface area contributed by atoms with Crippen molar-refractivity contribution in [2.24, 2.45) is 0 Å².